The standard InChI is InChI=1S/C24H18F4O/c1-3-14-29-20-13-12-19(23(27)24(20)28)17-9-5-16(6-10-17)7-11-18-8-4-15(2)21(25)22(18)26/h3-13H,1,14H2,2H3/b11-7+. The summed E-state index contributed by atoms with van der Waals surface area (Å²) < 4.78 is 61.2. The van der Waals surface area contributed by atoms with Gasteiger partial charge in [-0.1, -0.05) is 61.2 Å². The quantitative estimate of drug-likeness (QED) is 0.248. The van der Waals surface area contributed by atoms with Gasteiger partial charge in [0.05, 0.1) is 0 Å². The molecule has 5 heteroatoms. The molecule has 0 aliphatic carbocycles. The Kier molecular flexibility index (Phi) is 6.17. The van der Waals surface area contributed by atoms with E-state index in [0.29, 0.717) is 11.1 Å². The van der Waals surface area contributed by atoms with E-state index in [-0.39, 0.29) is 29.0 Å². The van der Waals surface area contributed by atoms with Gasteiger partial charge in [0.15, 0.2) is 23.2 Å². The maximum absolute atomic E-state index is 14.4. The highest BCUT2D eigenvalue weighted by molar-refractivity contribution is 5.73. The number of hydrogen-bond acceptors (Lipinski definition) is 1. The summed E-state index contributed by atoms with van der Waals surface area (Å²) in [5.74, 6) is -4.04. The topological polar surface area (TPSA) is 9.23 Å². The first-order valence-corrected chi connectivity index (χ1v) is 8.87. The maximum Gasteiger partial charge on any atom is 0.201 e. The monoisotopic (exact) mass is 398 g/mol. The minimum absolute atomic E-state index is 0.0716. The van der Waals surface area contributed by atoms with Gasteiger partial charge in [-0.15, -0.1) is 0 Å². The van der Waals surface area contributed by atoms with Crippen molar-refractivity contribution in [3.05, 3.63) is 101 Å². The fraction of sp³-hybridized carbons (Fsp3) is 0.0833. The summed E-state index contributed by atoms with van der Waals surface area (Å²) in [6.45, 7) is 5.02. The highest BCUT2D eigenvalue weighted by Gasteiger charge is 2.15. The van der Waals surface area contributed by atoms with Crippen LogP contribution in [0.4, 0.5) is 17.6 Å². The molecule has 0 amide bonds. The first-order chi connectivity index (χ1) is 13.9. The van der Waals surface area contributed by atoms with Crippen LogP contribution in [0.2, 0.25) is 0 Å². The Morgan fingerprint density at radius 2 is 1.52 bits per heavy atom. The average Bonchev–Trinajstić information content (AvgIpc) is 2.73. The molecule has 0 heterocycles. The molecule has 1 nitrogen and oxygen atoms in total. The van der Waals surface area contributed by atoms with E-state index in [1.165, 1.54) is 43.3 Å². The van der Waals surface area contributed by atoms with E-state index in [1.807, 2.05) is 0 Å². The van der Waals surface area contributed by atoms with Gasteiger partial charge in [-0.2, -0.15) is 4.39 Å². The molecule has 0 spiro atoms. The summed E-state index contributed by atoms with van der Waals surface area (Å²) in [5.41, 5.74) is 1.62. The van der Waals surface area contributed by atoms with Crippen LogP contribution >= 0.6 is 0 Å². The molecule has 0 fully saturated rings. The molecule has 0 saturated heterocycles. The van der Waals surface area contributed by atoms with Gasteiger partial charge in [0.1, 0.15) is 6.61 Å². The van der Waals surface area contributed by atoms with Gasteiger partial charge < -0.3 is 4.74 Å². The molecule has 0 aliphatic heterocycles. The lowest BCUT2D eigenvalue weighted by Crippen LogP contribution is -1.99. The van der Waals surface area contributed by atoms with Gasteiger partial charge in [0.2, 0.25) is 5.82 Å². The first kappa shape index (κ1) is 20.4. The molecule has 0 bridgehead atoms. The zero-order chi connectivity index (χ0) is 21.0. The van der Waals surface area contributed by atoms with Crippen molar-refractivity contribution in [2.75, 3.05) is 6.61 Å². The highest BCUT2D eigenvalue weighted by atomic mass is 19.2. The summed E-state index contributed by atoms with van der Waals surface area (Å²) in [5, 5.41) is 0. The molecule has 0 N–H and O–H groups in total. The molecule has 3 rings (SSSR count). The van der Waals surface area contributed by atoms with E-state index in [0.717, 1.165) is 0 Å². The van der Waals surface area contributed by atoms with Crippen LogP contribution in [0.3, 0.4) is 0 Å². The summed E-state index contributed by atoms with van der Waals surface area (Å²) >= 11 is 0. The predicted molar refractivity (Wildman–Crippen MR) is 108 cm³/mol. The Morgan fingerprint density at radius 1 is 0.793 bits per heavy atom. The highest BCUT2D eigenvalue weighted by Crippen LogP contribution is 2.30. The van der Waals surface area contributed by atoms with Crippen LogP contribution in [0.5, 0.6) is 5.75 Å². The van der Waals surface area contributed by atoms with Crippen molar-refractivity contribution >= 4 is 12.2 Å². The van der Waals surface area contributed by atoms with E-state index in [4.69, 9.17) is 4.74 Å². The van der Waals surface area contributed by atoms with Crippen molar-refractivity contribution in [2.24, 2.45) is 0 Å². The number of rotatable bonds is 6. The van der Waals surface area contributed by atoms with Crippen LogP contribution in [0.25, 0.3) is 23.3 Å². The van der Waals surface area contributed by atoms with Gasteiger partial charge in [-0.3, -0.25) is 0 Å². The van der Waals surface area contributed by atoms with E-state index in [9.17, 15) is 17.6 Å². The molecule has 0 atom stereocenters. The zero-order valence-electron chi connectivity index (χ0n) is 15.7. The van der Waals surface area contributed by atoms with Crippen LogP contribution in [-0.4, -0.2) is 6.61 Å². The van der Waals surface area contributed by atoms with Crippen LogP contribution in [0.15, 0.2) is 61.2 Å². The second kappa shape index (κ2) is 8.78. The largest absolute Gasteiger partial charge is 0.486 e. The molecule has 0 aromatic heterocycles. The molecule has 3 aromatic rings. The Hall–Kier alpha value is -3.34. The van der Waals surface area contributed by atoms with Crippen LogP contribution in [0, 0.1) is 30.2 Å². The lowest BCUT2D eigenvalue weighted by Gasteiger charge is -2.09. The molecule has 3 aromatic carbocycles. The normalized spacial score (nSPS) is 11.1. The van der Waals surface area contributed by atoms with Crippen molar-refractivity contribution in [2.45, 2.75) is 6.92 Å². The third kappa shape index (κ3) is 4.40. The lowest BCUT2D eigenvalue weighted by atomic mass is 10.0. The molecule has 0 unspecified atom stereocenters. The van der Waals surface area contributed by atoms with Crippen molar-refractivity contribution in [3.63, 3.8) is 0 Å². The molecule has 29 heavy (non-hydrogen) atoms. The van der Waals surface area contributed by atoms with E-state index in [2.05, 4.69) is 6.58 Å². The second-order valence-electron chi connectivity index (χ2n) is 6.39. The summed E-state index contributed by atoms with van der Waals surface area (Å²) in [4.78, 5) is 0. The number of halogens is 4. The minimum atomic E-state index is -1.06. The predicted octanol–water partition coefficient (Wildman–Crippen LogP) is 6.95. The Balaban J connectivity index is 1.83. The zero-order valence-corrected chi connectivity index (χ0v) is 15.7. The number of benzene rings is 3. The molecule has 0 aliphatic rings. The molecular weight excluding hydrogens is 380 g/mol. The SMILES string of the molecule is C=CCOc1ccc(-c2ccc(/C=C/c3ccc(C)c(F)c3F)cc2)c(F)c1F. The summed E-state index contributed by atoms with van der Waals surface area (Å²) in [7, 11) is 0. The Labute approximate surface area is 166 Å². The van der Waals surface area contributed by atoms with Crippen LogP contribution < -0.4 is 4.74 Å². The van der Waals surface area contributed by atoms with Crippen LogP contribution in [-0.2, 0) is 0 Å². The van der Waals surface area contributed by atoms with Crippen molar-refractivity contribution < 1.29 is 22.3 Å². The van der Waals surface area contributed by atoms with Crippen molar-refractivity contribution in [3.8, 4) is 16.9 Å². The lowest BCUT2D eigenvalue weighted by molar-refractivity contribution is 0.333. The van der Waals surface area contributed by atoms with Crippen molar-refractivity contribution in [1.82, 2.24) is 0 Å². The minimum Gasteiger partial charge on any atom is -0.486 e. The molecule has 148 valence electrons. The average molecular weight is 398 g/mol. The third-order valence-corrected chi connectivity index (χ3v) is 4.39. The fourth-order valence-corrected chi connectivity index (χ4v) is 2.76. The van der Waals surface area contributed by atoms with Crippen LogP contribution in [0.1, 0.15) is 16.7 Å². The summed E-state index contributed by atoms with van der Waals surface area (Å²) in [6.07, 6.45) is 4.51. The second-order valence-corrected chi connectivity index (χ2v) is 6.39. The molecule has 0 saturated carbocycles. The Morgan fingerprint density at radius 3 is 2.21 bits per heavy atom. The molecule has 0 radical (unpaired) electrons. The van der Waals surface area contributed by atoms with Gasteiger partial charge in [-0.25, -0.2) is 13.2 Å². The van der Waals surface area contributed by atoms with Gasteiger partial charge in [0.25, 0.3) is 0 Å². The smallest absolute Gasteiger partial charge is 0.201 e. The fourth-order valence-electron chi connectivity index (χ4n) is 2.76. The van der Waals surface area contributed by atoms with E-state index in [1.54, 1.807) is 30.3 Å². The maximum atomic E-state index is 14.4. The van der Waals surface area contributed by atoms with E-state index < -0.39 is 23.3 Å². The number of hydrogen-bond donors (Lipinski definition) is 0. The number of aryl methyl sites for hydroxylation is 1. The third-order valence-electron chi connectivity index (χ3n) is 4.39. The molecular formula is C24H18F4O. The van der Waals surface area contributed by atoms with Gasteiger partial charge in [0, 0.05) is 11.1 Å². The Bertz CT molecular complexity index is 1070. The van der Waals surface area contributed by atoms with Gasteiger partial charge >= 0.3 is 0 Å². The number of ether oxygens (including phenoxy) is 1. The van der Waals surface area contributed by atoms with Crippen molar-refractivity contribution in [1.29, 1.82) is 0 Å². The van der Waals surface area contributed by atoms with Gasteiger partial charge in [-0.05, 0) is 35.7 Å². The van der Waals surface area contributed by atoms with E-state index >= 15 is 0 Å². The first-order valence-electron chi connectivity index (χ1n) is 8.87. The summed E-state index contributed by atoms with van der Waals surface area (Å²) in [6, 6.07) is 12.4.